The normalized spacial score (nSPS) is 10.8. The van der Waals surface area contributed by atoms with Gasteiger partial charge < -0.3 is 85.4 Å². The molecule has 0 fully saturated rings. The number of nitrogens with zero attached hydrogens (tertiary/aromatic N) is 5. The molecule has 446 valence electrons. The van der Waals surface area contributed by atoms with Gasteiger partial charge in [-0.3, -0.25) is 24.2 Å². The summed E-state index contributed by atoms with van der Waals surface area (Å²) in [6.45, 7) is 12.2. The van der Waals surface area contributed by atoms with Crippen LogP contribution in [0.4, 0.5) is 0 Å². The van der Waals surface area contributed by atoms with E-state index in [1.54, 1.807) is 50.9 Å². The maximum absolute atomic E-state index is 11.6. The Balaban J connectivity index is 1.12. The summed E-state index contributed by atoms with van der Waals surface area (Å²) in [4.78, 5) is 71.8. The number of aromatic amines is 1. The third kappa shape index (κ3) is 22.5. The van der Waals surface area contributed by atoms with E-state index in [1.165, 1.54) is 34.8 Å². The van der Waals surface area contributed by atoms with Crippen LogP contribution in [0.2, 0.25) is 0 Å². The largest absolute Gasteiger partial charge is 0.481 e. The highest BCUT2D eigenvalue weighted by atomic mass is 16.5. The monoisotopic (exact) mass is 1150 g/mol. The van der Waals surface area contributed by atoms with Gasteiger partial charge in [-0.1, -0.05) is 0 Å². The SMILES string of the molecule is COc1nc(OCc2cncc(COc3cc(COc4nc(OCc5ccc(COc6ccc(CNCCNC(C)=O)c(OC)n6)[nH]5)ccc4CNCCNC(C)=O)c(CNCCNC(C)=O)c(OC)n3)c2)ccc1CNCCNC(C)=O. The van der Waals surface area contributed by atoms with E-state index in [0.717, 1.165) is 39.2 Å². The van der Waals surface area contributed by atoms with E-state index in [0.29, 0.717) is 131 Å². The fourth-order valence-corrected chi connectivity index (χ4v) is 7.93. The number of aromatic nitrogens is 6. The first-order chi connectivity index (χ1) is 40.3. The summed E-state index contributed by atoms with van der Waals surface area (Å²) in [5.74, 6) is 2.36. The third-order valence-corrected chi connectivity index (χ3v) is 12.0. The molecule has 0 spiro atoms. The molecule has 6 heterocycles. The Labute approximate surface area is 482 Å². The molecule has 26 nitrogen and oxygen atoms in total. The summed E-state index contributed by atoms with van der Waals surface area (Å²) < 4.78 is 48.0. The van der Waals surface area contributed by atoms with Crippen LogP contribution in [0.15, 0.2) is 73.1 Å². The number of carbonyl (C=O) groups excluding carboxylic acids is 4. The lowest BCUT2D eigenvalue weighted by molar-refractivity contribution is -0.119. The number of carbonyl (C=O) groups is 4. The van der Waals surface area contributed by atoms with Gasteiger partial charge in [-0.05, 0) is 36.4 Å². The number of hydrogen-bond acceptors (Lipinski definition) is 21. The molecule has 0 atom stereocenters. The molecule has 26 heteroatoms. The average Bonchev–Trinajstić information content (AvgIpc) is 4.11. The minimum atomic E-state index is -0.137. The summed E-state index contributed by atoms with van der Waals surface area (Å²) in [5.41, 5.74) is 6.89. The van der Waals surface area contributed by atoms with Gasteiger partial charge in [-0.2, -0.15) is 19.9 Å². The van der Waals surface area contributed by atoms with Gasteiger partial charge >= 0.3 is 0 Å². The summed E-state index contributed by atoms with van der Waals surface area (Å²) in [6, 6.07) is 18.4. The molecule has 0 radical (unpaired) electrons. The molecule has 9 N–H and O–H groups in total. The maximum Gasteiger partial charge on any atom is 0.221 e. The van der Waals surface area contributed by atoms with E-state index in [4.69, 9.17) is 47.9 Å². The molecule has 0 unspecified atom stereocenters. The Morgan fingerprint density at radius 3 is 1.22 bits per heavy atom. The Bertz CT molecular complexity index is 3040. The molecule has 4 amide bonds. The lowest BCUT2D eigenvalue weighted by atomic mass is 10.1. The smallest absolute Gasteiger partial charge is 0.221 e. The number of methoxy groups -OCH3 is 3. The van der Waals surface area contributed by atoms with Crippen LogP contribution < -0.4 is 80.4 Å². The van der Waals surface area contributed by atoms with Crippen molar-refractivity contribution in [3.8, 4) is 47.0 Å². The predicted octanol–water partition coefficient (Wildman–Crippen LogP) is 2.81. The van der Waals surface area contributed by atoms with Gasteiger partial charge in [-0.25, -0.2) is 0 Å². The molecule has 0 saturated heterocycles. The zero-order valence-electron chi connectivity index (χ0n) is 48.1. The Morgan fingerprint density at radius 2 is 0.783 bits per heavy atom. The second kappa shape index (κ2) is 34.4. The van der Waals surface area contributed by atoms with Gasteiger partial charge in [0, 0.05) is 182 Å². The highest BCUT2D eigenvalue weighted by Crippen LogP contribution is 2.29. The minimum Gasteiger partial charge on any atom is -0.481 e. The maximum atomic E-state index is 11.6. The fraction of sp³-hybridized carbons (Fsp3) is 0.421. The minimum absolute atomic E-state index is 0.0108. The first kappa shape index (κ1) is 63.3. The van der Waals surface area contributed by atoms with E-state index >= 15 is 0 Å². The van der Waals surface area contributed by atoms with Crippen molar-refractivity contribution in [2.24, 2.45) is 0 Å². The molecule has 83 heavy (non-hydrogen) atoms. The van der Waals surface area contributed by atoms with Crippen LogP contribution >= 0.6 is 0 Å². The lowest BCUT2D eigenvalue weighted by Crippen LogP contribution is -2.30. The lowest BCUT2D eigenvalue weighted by Gasteiger charge is -2.18. The summed E-state index contributed by atoms with van der Waals surface area (Å²) >= 11 is 0. The van der Waals surface area contributed by atoms with Gasteiger partial charge in [0.2, 0.25) is 70.7 Å². The number of ether oxygens (including phenoxy) is 8. The van der Waals surface area contributed by atoms with Crippen LogP contribution in [-0.2, 0) is 78.4 Å². The molecule has 0 aromatic carbocycles. The first-order valence-electron chi connectivity index (χ1n) is 27.0. The van der Waals surface area contributed by atoms with Crippen molar-refractivity contribution in [3.63, 3.8) is 0 Å². The molecule has 0 saturated carbocycles. The molecule has 0 bridgehead atoms. The number of pyridine rings is 5. The standard InChI is InChI=1S/C57H76N14O12/c1-37(72)63-20-16-58-28-43-8-13-50(68-54(43)76-5)79-32-41-24-42(27-62-26-41)33-80-53-25-46(49(57(71-53)78-7)31-61-19-23-66-40(4)75)34-83-56-45(30-60-18-22-65-39(3)74)10-15-52(70-56)82-36-48-12-11-47(67-48)35-81-51-14-9-44(55(69-51)77-6)29-59-17-21-64-38(2)73/h8-15,24-27,58-61,67H,16-23,28-36H2,1-7H3,(H,63,72)(H,64,73)(H,65,74)(H,66,75). The molecular formula is C57H76N14O12. The van der Waals surface area contributed by atoms with Crippen molar-refractivity contribution >= 4 is 23.6 Å². The molecule has 6 rings (SSSR count). The molecule has 6 aromatic rings. The van der Waals surface area contributed by atoms with E-state index in [2.05, 4.69) is 62.5 Å². The number of H-pyrrole nitrogens is 1. The number of hydrogen-bond donors (Lipinski definition) is 9. The van der Waals surface area contributed by atoms with Crippen molar-refractivity contribution in [3.05, 3.63) is 123 Å². The summed E-state index contributed by atoms with van der Waals surface area (Å²) in [6.07, 6.45) is 3.40. The van der Waals surface area contributed by atoms with Crippen LogP contribution in [0.5, 0.6) is 47.0 Å². The Hall–Kier alpha value is -8.85. The van der Waals surface area contributed by atoms with Gasteiger partial charge in [0.05, 0.1) is 32.7 Å². The Morgan fingerprint density at radius 1 is 0.398 bits per heavy atom. The average molecular weight is 1150 g/mol. The first-order valence-corrected chi connectivity index (χ1v) is 27.0. The van der Waals surface area contributed by atoms with E-state index in [1.807, 2.05) is 36.4 Å². The quantitative estimate of drug-likeness (QED) is 0.0252. The van der Waals surface area contributed by atoms with Crippen molar-refractivity contribution in [1.82, 2.24) is 72.4 Å². The van der Waals surface area contributed by atoms with Crippen LogP contribution in [0.25, 0.3) is 0 Å². The van der Waals surface area contributed by atoms with Crippen molar-refractivity contribution in [1.29, 1.82) is 0 Å². The van der Waals surface area contributed by atoms with Crippen molar-refractivity contribution in [2.45, 2.75) is 86.9 Å². The molecule has 0 aliphatic carbocycles. The van der Waals surface area contributed by atoms with E-state index in [-0.39, 0.29) is 62.5 Å². The zero-order chi connectivity index (χ0) is 59.2. The molecule has 0 aliphatic rings. The third-order valence-electron chi connectivity index (χ3n) is 12.0. The predicted molar refractivity (Wildman–Crippen MR) is 305 cm³/mol. The number of nitrogens with one attached hydrogen (secondary N) is 9. The highest BCUT2D eigenvalue weighted by Gasteiger charge is 2.19. The molecule has 6 aromatic heterocycles. The topological polar surface area (TPSA) is 319 Å². The summed E-state index contributed by atoms with van der Waals surface area (Å²) in [5, 5.41) is 24.3. The highest BCUT2D eigenvalue weighted by molar-refractivity contribution is 5.73. The number of rotatable bonds is 38. The fourth-order valence-electron chi connectivity index (χ4n) is 7.93. The second-order valence-electron chi connectivity index (χ2n) is 18.6. The van der Waals surface area contributed by atoms with Crippen LogP contribution in [0.1, 0.15) is 78.0 Å². The van der Waals surface area contributed by atoms with Crippen molar-refractivity contribution in [2.75, 3.05) is 73.7 Å². The molecule has 0 aliphatic heterocycles. The van der Waals surface area contributed by atoms with E-state index < -0.39 is 0 Å². The molecular weight excluding hydrogens is 1070 g/mol. The van der Waals surface area contributed by atoms with Gasteiger partial charge in [0.15, 0.2) is 0 Å². The zero-order valence-corrected chi connectivity index (χ0v) is 48.1. The van der Waals surface area contributed by atoms with Crippen LogP contribution in [0, 0.1) is 0 Å². The van der Waals surface area contributed by atoms with E-state index in [9.17, 15) is 19.2 Å². The number of amides is 4. The van der Waals surface area contributed by atoms with Gasteiger partial charge in [0.25, 0.3) is 0 Å². The van der Waals surface area contributed by atoms with Crippen LogP contribution in [0.3, 0.4) is 0 Å². The van der Waals surface area contributed by atoms with Gasteiger partial charge in [0.1, 0.15) is 33.0 Å². The second-order valence-corrected chi connectivity index (χ2v) is 18.6. The van der Waals surface area contributed by atoms with Crippen molar-refractivity contribution < 1.29 is 57.1 Å². The Kier molecular flexibility index (Phi) is 26.3. The van der Waals surface area contributed by atoms with Gasteiger partial charge in [-0.15, -0.1) is 0 Å². The summed E-state index contributed by atoms with van der Waals surface area (Å²) in [7, 11) is 4.62. The van der Waals surface area contributed by atoms with Crippen LogP contribution in [-0.4, -0.2) is 127 Å².